The second-order valence-electron chi connectivity index (χ2n) is 6.77. The summed E-state index contributed by atoms with van der Waals surface area (Å²) in [6, 6.07) is 11.7. The Hall–Kier alpha value is -2.69. The summed E-state index contributed by atoms with van der Waals surface area (Å²) in [6.07, 6.45) is 5.17. The van der Waals surface area contributed by atoms with Crippen molar-refractivity contribution in [2.75, 3.05) is 11.9 Å². The van der Waals surface area contributed by atoms with Crippen LogP contribution in [0.25, 0.3) is 0 Å². The number of rotatable bonds is 2. The maximum atomic E-state index is 12.8. The third-order valence-corrected chi connectivity index (χ3v) is 4.59. The van der Waals surface area contributed by atoms with E-state index in [9.17, 15) is 9.59 Å². The minimum Gasteiger partial charge on any atom is -0.327 e. The Morgan fingerprint density at radius 3 is 2.64 bits per heavy atom. The molecule has 3 rings (SSSR count). The molecule has 0 spiro atoms. The van der Waals surface area contributed by atoms with Crippen molar-refractivity contribution >= 4 is 17.5 Å². The number of anilines is 1. The first-order valence-electron chi connectivity index (χ1n) is 8.63. The van der Waals surface area contributed by atoms with Crippen molar-refractivity contribution in [3.8, 4) is 0 Å². The van der Waals surface area contributed by atoms with Crippen LogP contribution in [0.15, 0.2) is 48.8 Å². The highest BCUT2D eigenvalue weighted by molar-refractivity contribution is 6.39. The number of hydrogen-bond acceptors (Lipinski definition) is 3. The summed E-state index contributed by atoms with van der Waals surface area (Å²) in [5.74, 6) is -0.707. The molecule has 25 heavy (non-hydrogen) atoms. The summed E-state index contributed by atoms with van der Waals surface area (Å²) in [7, 11) is 0. The van der Waals surface area contributed by atoms with E-state index in [0.717, 1.165) is 24.0 Å². The van der Waals surface area contributed by atoms with Crippen molar-refractivity contribution in [3.05, 3.63) is 59.9 Å². The van der Waals surface area contributed by atoms with Crippen molar-refractivity contribution < 1.29 is 9.59 Å². The van der Waals surface area contributed by atoms with E-state index in [4.69, 9.17) is 0 Å². The van der Waals surface area contributed by atoms with Crippen LogP contribution in [0.3, 0.4) is 0 Å². The molecule has 1 saturated heterocycles. The van der Waals surface area contributed by atoms with E-state index < -0.39 is 11.8 Å². The van der Waals surface area contributed by atoms with Crippen LogP contribution in [0, 0.1) is 12.8 Å². The summed E-state index contributed by atoms with van der Waals surface area (Å²) in [5.41, 5.74) is 2.55. The Morgan fingerprint density at radius 2 is 1.92 bits per heavy atom. The maximum Gasteiger partial charge on any atom is 0.313 e. The van der Waals surface area contributed by atoms with Crippen molar-refractivity contribution in [2.45, 2.75) is 32.7 Å². The lowest BCUT2D eigenvalue weighted by atomic mass is 9.90. The van der Waals surface area contributed by atoms with Crippen LogP contribution in [0.1, 0.15) is 36.9 Å². The van der Waals surface area contributed by atoms with Crippen LogP contribution in [0.4, 0.5) is 5.69 Å². The van der Waals surface area contributed by atoms with Gasteiger partial charge in [0.2, 0.25) is 0 Å². The molecular formula is C20H23N3O2. The van der Waals surface area contributed by atoms with Gasteiger partial charge in [-0.1, -0.05) is 37.3 Å². The highest BCUT2D eigenvalue weighted by Gasteiger charge is 2.34. The van der Waals surface area contributed by atoms with E-state index in [-0.39, 0.29) is 6.04 Å². The predicted molar refractivity (Wildman–Crippen MR) is 96.9 cm³/mol. The van der Waals surface area contributed by atoms with E-state index in [2.05, 4.69) is 17.2 Å². The average Bonchev–Trinajstić information content (AvgIpc) is 2.61. The zero-order valence-electron chi connectivity index (χ0n) is 14.6. The topological polar surface area (TPSA) is 62.3 Å². The van der Waals surface area contributed by atoms with Gasteiger partial charge in [0, 0.05) is 12.7 Å². The summed E-state index contributed by atoms with van der Waals surface area (Å²) >= 11 is 0. The Labute approximate surface area is 148 Å². The second kappa shape index (κ2) is 7.47. The highest BCUT2D eigenvalue weighted by atomic mass is 16.2. The maximum absolute atomic E-state index is 12.8. The second-order valence-corrected chi connectivity index (χ2v) is 6.77. The minimum atomic E-state index is -0.609. The van der Waals surface area contributed by atoms with Gasteiger partial charge in [0.25, 0.3) is 0 Å². The molecule has 1 aromatic heterocycles. The van der Waals surface area contributed by atoms with Crippen molar-refractivity contribution in [1.29, 1.82) is 0 Å². The molecule has 5 heteroatoms. The Balaban J connectivity index is 1.78. The van der Waals surface area contributed by atoms with Gasteiger partial charge in [-0.25, -0.2) is 0 Å². The van der Waals surface area contributed by atoms with E-state index in [1.165, 1.54) is 0 Å². The first-order chi connectivity index (χ1) is 12.0. The smallest absolute Gasteiger partial charge is 0.313 e. The molecule has 0 unspecified atom stereocenters. The molecule has 2 aromatic rings. The standard InChI is InChI=1S/C20H23N3O2/c1-14-8-9-18(16-6-4-3-5-7-16)23(13-14)20(25)19(24)22-17-10-15(2)11-21-12-17/h3-7,10-12,14,18H,8-9,13H2,1-2H3,(H,22,24)/t14-,18+/m1/s1. The zero-order chi connectivity index (χ0) is 17.8. The van der Waals surface area contributed by atoms with Gasteiger partial charge in [-0.15, -0.1) is 0 Å². The molecule has 0 aliphatic carbocycles. The third kappa shape index (κ3) is 4.05. The number of benzene rings is 1. The monoisotopic (exact) mass is 337 g/mol. The number of piperidine rings is 1. The Bertz CT molecular complexity index is 761. The molecule has 5 nitrogen and oxygen atoms in total. The molecule has 1 aliphatic rings. The quantitative estimate of drug-likeness (QED) is 0.855. The lowest BCUT2D eigenvalue weighted by Gasteiger charge is -2.38. The Kier molecular flexibility index (Phi) is 5.12. The molecule has 0 saturated carbocycles. The number of carbonyl (C=O) groups excluding carboxylic acids is 2. The zero-order valence-corrected chi connectivity index (χ0v) is 14.6. The molecule has 1 fully saturated rings. The molecule has 2 atom stereocenters. The summed E-state index contributed by atoms with van der Waals surface area (Å²) in [5, 5.41) is 2.67. The van der Waals surface area contributed by atoms with E-state index in [0.29, 0.717) is 18.2 Å². The molecule has 130 valence electrons. The lowest BCUT2D eigenvalue weighted by molar-refractivity contribution is -0.146. The van der Waals surface area contributed by atoms with Crippen LogP contribution in [0.5, 0.6) is 0 Å². The average molecular weight is 337 g/mol. The van der Waals surface area contributed by atoms with Crippen LogP contribution in [-0.4, -0.2) is 28.2 Å². The summed E-state index contributed by atoms with van der Waals surface area (Å²) < 4.78 is 0. The van der Waals surface area contributed by atoms with Gasteiger partial charge in [-0.05, 0) is 42.9 Å². The van der Waals surface area contributed by atoms with Crippen molar-refractivity contribution in [3.63, 3.8) is 0 Å². The van der Waals surface area contributed by atoms with E-state index >= 15 is 0 Å². The first-order valence-corrected chi connectivity index (χ1v) is 8.63. The molecule has 1 aliphatic heterocycles. The van der Waals surface area contributed by atoms with E-state index in [1.54, 1.807) is 23.4 Å². The number of amides is 2. The largest absolute Gasteiger partial charge is 0.327 e. The number of aryl methyl sites for hydroxylation is 1. The van der Waals surface area contributed by atoms with Crippen LogP contribution in [-0.2, 0) is 9.59 Å². The van der Waals surface area contributed by atoms with Gasteiger partial charge in [0.05, 0.1) is 17.9 Å². The molecule has 2 heterocycles. The van der Waals surface area contributed by atoms with Gasteiger partial charge in [0.15, 0.2) is 0 Å². The number of carbonyl (C=O) groups is 2. The van der Waals surface area contributed by atoms with Crippen molar-refractivity contribution in [2.24, 2.45) is 5.92 Å². The minimum absolute atomic E-state index is 0.0497. The fraction of sp³-hybridized carbons (Fsp3) is 0.350. The normalized spacial score (nSPS) is 20.2. The Morgan fingerprint density at radius 1 is 1.16 bits per heavy atom. The fourth-order valence-electron chi connectivity index (χ4n) is 3.34. The molecule has 1 aromatic carbocycles. The SMILES string of the molecule is Cc1cncc(NC(=O)C(=O)N2C[C@H](C)CC[C@H]2c2ccccc2)c1. The molecule has 2 amide bonds. The van der Waals surface area contributed by atoms with Gasteiger partial charge >= 0.3 is 11.8 Å². The van der Waals surface area contributed by atoms with Crippen LogP contribution >= 0.6 is 0 Å². The fourth-order valence-corrected chi connectivity index (χ4v) is 3.34. The third-order valence-electron chi connectivity index (χ3n) is 4.59. The predicted octanol–water partition coefficient (Wildman–Crippen LogP) is 3.33. The number of pyridine rings is 1. The number of likely N-dealkylation sites (tertiary alicyclic amines) is 1. The first kappa shape index (κ1) is 17.1. The van der Waals surface area contributed by atoms with Gasteiger partial charge < -0.3 is 10.2 Å². The van der Waals surface area contributed by atoms with Gasteiger partial charge in [-0.2, -0.15) is 0 Å². The van der Waals surface area contributed by atoms with Gasteiger partial charge in [-0.3, -0.25) is 14.6 Å². The molecule has 1 N–H and O–H groups in total. The van der Waals surface area contributed by atoms with Crippen LogP contribution in [0.2, 0.25) is 0 Å². The number of aromatic nitrogens is 1. The lowest BCUT2D eigenvalue weighted by Crippen LogP contribution is -2.46. The molecule has 0 bridgehead atoms. The van der Waals surface area contributed by atoms with Crippen LogP contribution < -0.4 is 5.32 Å². The van der Waals surface area contributed by atoms with E-state index in [1.807, 2.05) is 37.3 Å². The number of nitrogens with zero attached hydrogens (tertiary/aromatic N) is 2. The number of nitrogens with one attached hydrogen (secondary N) is 1. The molecular weight excluding hydrogens is 314 g/mol. The van der Waals surface area contributed by atoms with Gasteiger partial charge in [0.1, 0.15) is 0 Å². The summed E-state index contributed by atoms with van der Waals surface area (Å²) in [4.78, 5) is 31.0. The molecule has 0 radical (unpaired) electrons. The summed E-state index contributed by atoms with van der Waals surface area (Å²) in [6.45, 7) is 4.60. The highest BCUT2D eigenvalue weighted by Crippen LogP contribution is 2.33. The van der Waals surface area contributed by atoms with Crippen molar-refractivity contribution in [1.82, 2.24) is 9.88 Å². The number of hydrogen-bond donors (Lipinski definition) is 1.